The van der Waals surface area contributed by atoms with E-state index in [-0.39, 0.29) is 11.4 Å². The van der Waals surface area contributed by atoms with Crippen molar-refractivity contribution < 1.29 is 9.53 Å². The van der Waals surface area contributed by atoms with E-state index in [2.05, 4.69) is 38.4 Å². The van der Waals surface area contributed by atoms with Crippen LogP contribution in [0.15, 0.2) is 23.6 Å². The number of amides is 1. The number of carbonyl (C=O) groups is 1. The quantitative estimate of drug-likeness (QED) is 0.421. The molecule has 0 N–H and O–H groups in total. The van der Waals surface area contributed by atoms with E-state index in [4.69, 9.17) is 16.3 Å². The first kappa shape index (κ1) is 22.4. The Morgan fingerprint density at radius 2 is 1.79 bits per heavy atom. The van der Waals surface area contributed by atoms with Crippen molar-refractivity contribution in [3.05, 3.63) is 40.0 Å². The number of carbonyl (C=O) groups excluding carboxylic acids is 1. The van der Waals surface area contributed by atoms with Crippen LogP contribution in [0.25, 0.3) is 21.3 Å². The van der Waals surface area contributed by atoms with Crippen molar-refractivity contribution in [1.29, 1.82) is 0 Å². The fourth-order valence-electron chi connectivity index (χ4n) is 4.67. The molecule has 0 unspecified atom stereocenters. The molecule has 0 saturated carbocycles. The van der Waals surface area contributed by atoms with Gasteiger partial charge in [0.15, 0.2) is 0 Å². The normalized spacial score (nSPS) is 16.7. The maximum absolute atomic E-state index is 12.5. The van der Waals surface area contributed by atoms with Gasteiger partial charge in [-0.25, -0.2) is 9.78 Å². The fraction of sp³-hybridized carbons (Fsp3) is 0.480. The standard InChI is InChI=1S/C25H29ClN4O2S/c1-25(2,3)32-24(31)30-12-10-29(11-13-30)21-20-19(15-33-22(20)28-23(26)27-21)18-9-8-16-6-4-5-7-17(16)14-18/h8-9,14-15H,4-7,10-13H2,1-3H3. The summed E-state index contributed by atoms with van der Waals surface area (Å²) < 4.78 is 5.54. The van der Waals surface area contributed by atoms with Crippen LogP contribution in [0, 0.1) is 0 Å². The van der Waals surface area contributed by atoms with Crippen LogP contribution in [0.5, 0.6) is 0 Å². The summed E-state index contributed by atoms with van der Waals surface area (Å²) in [5, 5.41) is 3.47. The molecule has 3 aromatic rings. The second-order valence-electron chi connectivity index (χ2n) is 9.79. The van der Waals surface area contributed by atoms with Gasteiger partial charge < -0.3 is 14.5 Å². The van der Waals surface area contributed by atoms with Crippen molar-refractivity contribution in [2.45, 2.75) is 52.1 Å². The molecule has 174 valence electrons. The number of anilines is 1. The third-order valence-electron chi connectivity index (χ3n) is 6.28. The third kappa shape index (κ3) is 4.66. The first-order chi connectivity index (χ1) is 15.8. The van der Waals surface area contributed by atoms with Gasteiger partial charge in [0.1, 0.15) is 16.2 Å². The molecule has 6 nitrogen and oxygen atoms in total. The zero-order valence-electron chi connectivity index (χ0n) is 19.4. The Hall–Kier alpha value is -2.38. The molecule has 8 heteroatoms. The lowest BCUT2D eigenvalue weighted by Gasteiger charge is -2.36. The number of benzene rings is 1. The van der Waals surface area contributed by atoms with Gasteiger partial charge in [-0.05, 0) is 74.7 Å². The summed E-state index contributed by atoms with van der Waals surface area (Å²) in [5.41, 5.74) is 4.80. The largest absolute Gasteiger partial charge is 0.444 e. The fourth-order valence-corrected chi connectivity index (χ4v) is 5.82. The van der Waals surface area contributed by atoms with Gasteiger partial charge in [0.05, 0.1) is 5.39 Å². The van der Waals surface area contributed by atoms with Gasteiger partial charge in [-0.3, -0.25) is 0 Å². The Bertz CT molecular complexity index is 1200. The molecule has 0 atom stereocenters. The lowest BCUT2D eigenvalue weighted by atomic mass is 9.89. The molecule has 1 saturated heterocycles. The Kier molecular flexibility index (Phi) is 5.95. The number of thiophene rings is 1. The van der Waals surface area contributed by atoms with Gasteiger partial charge in [0.25, 0.3) is 0 Å². The number of ether oxygens (including phenoxy) is 1. The number of aryl methyl sites for hydroxylation is 2. The minimum Gasteiger partial charge on any atom is -0.444 e. The first-order valence-corrected chi connectivity index (χ1v) is 12.8. The van der Waals surface area contributed by atoms with E-state index in [0.717, 1.165) is 28.0 Å². The molecule has 1 aliphatic carbocycles. The summed E-state index contributed by atoms with van der Waals surface area (Å²) in [4.78, 5) is 26.5. The molecule has 1 aromatic carbocycles. The van der Waals surface area contributed by atoms with Crippen molar-refractivity contribution in [2.75, 3.05) is 31.1 Å². The van der Waals surface area contributed by atoms with E-state index >= 15 is 0 Å². The molecule has 2 aromatic heterocycles. The van der Waals surface area contributed by atoms with Gasteiger partial charge >= 0.3 is 6.09 Å². The molecule has 1 aliphatic heterocycles. The maximum Gasteiger partial charge on any atom is 0.410 e. The zero-order chi connectivity index (χ0) is 23.2. The highest BCUT2D eigenvalue weighted by Crippen LogP contribution is 2.40. The Balaban J connectivity index is 1.45. The highest BCUT2D eigenvalue weighted by Gasteiger charge is 2.28. The summed E-state index contributed by atoms with van der Waals surface area (Å²) in [6.45, 7) is 8.16. The van der Waals surface area contributed by atoms with Crippen LogP contribution in [-0.4, -0.2) is 52.7 Å². The van der Waals surface area contributed by atoms with Crippen LogP contribution in [0.4, 0.5) is 10.6 Å². The van der Waals surface area contributed by atoms with Crippen LogP contribution in [0.1, 0.15) is 44.7 Å². The topological polar surface area (TPSA) is 58.6 Å². The van der Waals surface area contributed by atoms with E-state index in [1.165, 1.54) is 36.0 Å². The number of hydrogen-bond acceptors (Lipinski definition) is 6. The van der Waals surface area contributed by atoms with Gasteiger partial charge in [-0.2, -0.15) is 4.98 Å². The number of fused-ring (bicyclic) bond motifs is 2. The molecule has 0 spiro atoms. The number of piperazine rings is 1. The lowest BCUT2D eigenvalue weighted by Crippen LogP contribution is -2.50. The number of halogens is 1. The molecule has 33 heavy (non-hydrogen) atoms. The zero-order valence-corrected chi connectivity index (χ0v) is 20.9. The number of aromatic nitrogens is 2. The van der Waals surface area contributed by atoms with Crippen molar-refractivity contribution in [3.8, 4) is 11.1 Å². The lowest BCUT2D eigenvalue weighted by molar-refractivity contribution is 0.0240. The predicted octanol–water partition coefficient (Wildman–Crippen LogP) is 5.95. The molecule has 2 aliphatic rings. The van der Waals surface area contributed by atoms with E-state index in [1.807, 2.05) is 20.8 Å². The number of nitrogens with zero attached hydrogens (tertiary/aromatic N) is 4. The Labute approximate surface area is 203 Å². The van der Waals surface area contributed by atoms with E-state index in [1.54, 1.807) is 16.2 Å². The average molecular weight is 485 g/mol. The molecule has 1 amide bonds. The summed E-state index contributed by atoms with van der Waals surface area (Å²) in [5.74, 6) is 0.850. The Morgan fingerprint density at radius 3 is 2.52 bits per heavy atom. The average Bonchev–Trinajstić information content (AvgIpc) is 3.21. The minimum atomic E-state index is -0.499. The summed E-state index contributed by atoms with van der Waals surface area (Å²) in [7, 11) is 0. The highest BCUT2D eigenvalue weighted by molar-refractivity contribution is 7.17. The van der Waals surface area contributed by atoms with E-state index < -0.39 is 5.60 Å². The first-order valence-electron chi connectivity index (χ1n) is 11.6. The summed E-state index contributed by atoms with van der Waals surface area (Å²) in [6, 6.07) is 6.85. The van der Waals surface area contributed by atoms with Crippen LogP contribution >= 0.6 is 22.9 Å². The van der Waals surface area contributed by atoms with Crippen molar-refractivity contribution in [1.82, 2.24) is 14.9 Å². The SMILES string of the molecule is CC(C)(C)OC(=O)N1CCN(c2nc(Cl)nc3scc(-c4ccc5c(c4)CCCC5)c23)CC1. The van der Waals surface area contributed by atoms with E-state index in [0.29, 0.717) is 26.2 Å². The van der Waals surface area contributed by atoms with Gasteiger partial charge in [-0.15, -0.1) is 11.3 Å². The van der Waals surface area contributed by atoms with Crippen molar-refractivity contribution >= 4 is 45.1 Å². The third-order valence-corrected chi connectivity index (χ3v) is 7.32. The summed E-state index contributed by atoms with van der Waals surface area (Å²) >= 11 is 7.92. The Morgan fingerprint density at radius 1 is 1.06 bits per heavy atom. The van der Waals surface area contributed by atoms with Crippen molar-refractivity contribution in [3.63, 3.8) is 0 Å². The number of rotatable bonds is 2. The summed E-state index contributed by atoms with van der Waals surface area (Å²) in [6.07, 6.45) is 4.59. The van der Waals surface area contributed by atoms with Crippen LogP contribution < -0.4 is 4.90 Å². The van der Waals surface area contributed by atoms with Gasteiger partial charge in [0.2, 0.25) is 5.28 Å². The predicted molar refractivity (Wildman–Crippen MR) is 135 cm³/mol. The smallest absolute Gasteiger partial charge is 0.410 e. The molecule has 3 heterocycles. The molecular formula is C25H29ClN4O2S. The maximum atomic E-state index is 12.5. The van der Waals surface area contributed by atoms with Crippen molar-refractivity contribution in [2.24, 2.45) is 0 Å². The number of hydrogen-bond donors (Lipinski definition) is 0. The second kappa shape index (κ2) is 8.76. The van der Waals surface area contributed by atoms with Crippen LogP contribution in [0.2, 0.25) is 5.28 Å². The second-order valence-corrected chi connectivity index (χ2v) is 11.0. The molecule has 1 fully saturated rings. The van der Waals surface area contributed by atoms with Gasteiger partial charge in [0, 0.05) is 37.1 Å². The minimum absolute atomic E-state index is 0.255. The highest BCUT2D eigenvalue weighted by atomic mass is 35.5. The monoisotopic (exact) mass is 484 g/mol. The molecule has 0 radical (unpaired) electrons. The van der Waals surface area contributed by atoms with Crippen LogP contribution in [-0.2, 0) is 17.6 Å². The molecular weight excluding hydrogens is 456 g/mol. The molecule has 5 rings (SSSR count). The van der Waals surface area contributed by atoms with Gasteiger partial charge in [-0.1, -0.05) is 18.2 Å². The van der Waals surface area contributed by atoms with E-state index in [9.17, 15) is 4.79 Å². The van der Waals surface area contributed by atoms with Crippen LogP contribution in [0.3, 0.4) is 0 Å². The molecule has 0 bridgehead atoms.